The monoisotopic (exact) mass is 832 g/mol. The third kappa shape index (κ3) is 7.05. The first kappa shape index (κ1) is 37.7. The second-order valence-electron chi connectivity index (χ2n) is 15.8. The fraction of sp³-hybridized carbons (Fsp3) is 0. The Hall–Kier alpha value is -9.01. The molecule has 0 aliphatic heterocycles. The predicted molar refractivity (Wildman–Crippen MR) is 261 cm³/mol. The largest absolute Gasteiger partial charge is 0.309 e. The van der Waals surface area contributed by atoms with E-state index in [0.29, 0.717) is 34.9 Å². The normalized spacial score (nSPS) is 11.4. The predicted octanol–water partition coefficient (Wildman–Crippen LogP) is 13.4. The molecule has 4 aromatic heterocycles. The summed E-state index contributed by atoms with van der Waals surface area (Å²) in [4.78, 5) is 35.2. The molecular weight excluding hydrogens is 797 g/mol. The third-order valence-electron chi connectivity index (χ3n) is 11.7. The van der Waals surface area contributed by atoms with Gasteiger partial charge in [-0.2, -0.15) is 0 Å². The molecule has 12 rings (SSSR count). The van der Waals surface area contributed by atoms with E-state index in [1.165, 1.54) is 0 Å². The van der Waals surface area contributed by atoms with Crippen LogP contribution in [0.1, 0.15) is 0 Å². The Labute approximate surface area is 374 Å². The lowest BCUT2D eigenvalue weighted by Gasteiger charge is -2.12. The van der Waals surface area contributed by atoms with E-state index in [2.05, 4.69) is 95.6 Å². The van der Waals surface area contributed by atoms with E-state index in [4.69, 9.17) is 34.9 Å². The van der Waals surface area contributed by atoms with Crippen LogP contribution < -0.4 is 0 Å². The van der Waals surface area contributed by atoms with Crippen LogP contribution in [-0.2, 0) is 0 Å². The van der Waals surface area contributed by atoms with Crippen molar-refractivity contribution in [1.29, 1.82) is 0 Å². The Kier molecular flexibility index (Phi) is 9.31. The summed E-state index contributed by atoms with van der Waals surface area (Å²) in [6.07, 6.45) is 1.88. The van der Waals surface area contributed by atoms with E-state index < -0.39 is 0 Å². The summed E-state index contributed by atoms with van der Waals surface area (Å²) in [6.45, 7) is 0. The summed E-state index contributed by atoms with van der Waals surface area (Å²) in [5.41, 5.74) is 10.4. The number of hydrogen-bond donors (Lipinski definition) is 0. The Balaban J connectivity index is 1.09. The van der Waals surface area contributed by atoms with Gasteiger partial charge in [-0.15, -0.1) is 0 Å². The van der Waals surface area contributed by atoms with Gasteiger partial charge in [-0.1, -0.05) is 158 Å². The SMILES string of the molecule is c1ccc(-c2nc(-c3ccccc3)nc(-c3ccc4c(c3)c3cc(-c5nc(-c6ccccc6)nc(-c6ccccc6)n5)ccc3n4-c3cccc(-c4nccc5ccccc45)c3)n2)cc1. The molecule has 0 aliphatic rings. The Bertz CT molecular complexity index is 3400. The first-order valence-corrected chi connectivity index (χ1v) is 21.5. The minimum absolute atomic E-state index is 0.582. The van der Waals surface area contributed by atoms with Gasteiger partial charge in [0.25, 0.3) is 0 Å². The maximum absolute atomic E-state index is 5.10. The van der Waals surface area contributed by atoms with Gasteiger partial charge in [0.1, 0.15) is 0 Å². The smallest absolute Gasteiger partial charge is 0.164 e. The van der Waals surface area contributed by atoms with Crippen molar-refractivity contribution in [2.24, 2.45) is 0 Å². The van der Waals surface area contributed by atoms with Crippen LogP contribution in [0.25, 0.3) is 118 Å². The topological polar surface area (TPSA) is 95.2 Å². The standard InChI is InChI=1S/C57H36N8/c1-5-17-38(18-6-1)52-59-53(39-19-7-2-8-20-39)62-56(61-52)43-28-30-49-47(35-43)48-36-44(57-63-54(40-21-9-3-10-22-40)60-55(64-57)41-23-11-4-12-24-41)29-31-50(48)65(49)45-26-15-25-42(34-45)51-46-27-14-13-16-37(46)32-33-58-51/h1-36H. The maximum Gasteiger partial charge on any atom is 0.164 e. The number of pyridine rings is 1. The summed E-state index contributed by atoms with van der Waals surface area (Å²) >= 11 is 0. The number of hydrogen-bond acceptors (Lipinski definition) is 7. The molecule has 0 aliphatic carbocycles. The third-order valence-corrected chi connectivity index (χ3v) is 11.7. The zero-order valence-corrected chi connectivity index (χ0v) is 34.9. The molecule has 0 saturated heterocycles. The van der Waals surface area contributed by atoms with Crippen LogP contribution in [-0.4, -0.2) is 39.5 Å². The first-order chi connectivity index (χ1) is 32.2. The zero-order chi connectivity index (χ0) is 43.1. The van der Waals surface area contributed by atoms with Crippen LogP contribution in [0, 0.1) is 0 Å². The van der Waals surface area contributed by atoms with Gasteiger partial charge in [-0.05, 0) is 60.0 Å². The highest BCUT2D eigenvalue weighted by molar-refractivity contribution is 6.11. The minimum Gasteiger partial charge on any atom is -0.309 e. The lowest BCUT2D eigenvalue weighted by atomic mass is 10.0. The van der Waals surface area contributed by atoms with Crippen LogP contribution in [0.15, 0.2) is 219 Å². The lowest BCUT2D eigenvalue weighted by Crippen LogP contribution is -2.00. The molecule has 0 unspecified atom stereocenters. The molecule has 65 heavy (non-hydrogen) atoms. The second-order valence-corrected chi connectivity index (χ2v) is 15.8. The van der Waals surface area contributed by atoms with Crippen molar-refractivity contribution in [3.05, 3.63) is 219 Å². The van der Waals surface area contributed by atoms with Crippen LogP contribution >= 0.6 is 0 Å². The Morgan fingerprint density at radius 2 is 0.677 bits per heavy atom. The quantitative estimate of drug-likeness (QED) is 0.150. The van der Waals surface area contributed by atoms with Gasteiger partial charge in [-0.25, -0.2) is 29.9 Å². The van der Waals surface area contributed by atoms with E-state index in [9.17, 15) is 0 Å². The molecule has 0 bridgehead atoms. The van der Waals surface area contributed by atoms with E-state index in [-0.39, 0.29) is 0 Å². The highest BCUT2D eigenvalue weighted by Gasteiger charge is 2.20. The summed E-state index contributed by atoms with van der Waals surface area (Å²) < 4.78 is 2.32. The van der Waals surface area contributed by atoms with Crippen LogP contribution in [0.2, 0.25) is 0 Å². The lowest BCUT2D eigenvalue weighted by molar-refractivity contribution is 1.07. The fourth-order valence-corrected chi connectivity index (χ4v) is 8.60. The van der Waals surface area contributed by atoms with Gasteiger partial charge in [0.15, 0.2) is 34.9 Å². The first-order valence-electron chi connectivity index (χ1n) is 21.5. The molecule has 0 atom stereocenters. The summed E-state index contributed by atoms with van der Waals surface area (Å²) in [5.74, 6) is 3.59. The van der Waals surface area contributed by atoms with Crippen molar-refractivity contribution in [3.8, 4) is 85.3 Å². The van der Waals surface area contributed by atoms with Crippen molar-refractivity contribution < 1.29 is 0 Å². The minimum atomic E-state index is 0.582. The van der Waals surface area contributed by atoms with Crippen LogP contribution in [0.3, 0.4) is 0 Å². The van der Waals surface area contributed by atoms with Crippen molar-refractivity contribution in [1.82, 2.24) is 39.5 Å². The number of benzene rings is 8. The molecule has 8 aromatic carbocycles. The van der Waals surface area contributed by atoms with Gasteiger partial charge < -0.3 is 4.57 Å². The van der Waals surface area contributed by atoms with Crippen LogP contribution in [0.5, 0.6) is 0 Å². The zero-order valence-electron chi connectivity index (χ0n) is 34.9. The van der Waals surface area contributed by atoms with Crippen molar-refractivity contribution in [3.63, 3.8) is 0 Å². The molecule has 0 amide bonds. The number of fused-ring (bicyclic) bond motifs is 4. The highest BCUT2D eigenvalue weighted by atomic mass is 15.0. The van der Waals surface area contributed by atoms with E-state index >= 15 is 0 Å². The molecular formula is C57H36N8. The summed E-state index contributed by atoms with van der Waals surface area (Å²) in [6, 6.07) is 72.3. The second kappa shape index (κ2) is 16.0. The molecule has 0 N–H and O–H groups in total. The summed E-state index contributed by atoms with van der Waals surface area (Å²) in [7, 11) is 0. The molecule has 304 valence electrons. The van der Waals surface area contributed by atoms with Crippen molar-refractivity contribution in [2.75, 3.05) is 0 Å². The Morgan fingerprint density at radius 3 is 1.14 bits per heavy atom. The number of nitrogens with zero attached hydrogens (tertiary/aromatic N) is 8. The van der Waals surface area contributed by atoms with Crippen molar-refractivity contribution in [2.45, 2.75) is 0 Å². The van der Waals surface area contributed by atoms with Gasteiger partial charge in [-0.3, -0.25) is 4.98 Å². The van der Waals surface area contributed by atoms with Gasteiger partial charge >= 0.3 is 0 Å². The molecule has 0 saturated carbocycles. The van der Waals surface area contributed by atoms with E-state index in [1.807, 2.05) is 128 Å². The molecule has 8 heteroatoms. The average Bonchev–Trinajstić information content (AvgIpc) is 3.72. The van der Waals surface area contributed by atoms with Crippen molar-refractivity contribution >= 4 is 32.6 Å². The number of aromatic nitrogens is 8. The highest BCUT2D eigenvalue weighted by Crippen LogP contribution is 2.39. The average molecular weight is 833 g/mol. The molecule has 0 fully saturated rings. The molecule has 0 spiro atoms. The molecule has 8 nitrogen and oxygen atoms in total. The molecule has 0 radical (unpaired) electrons. The number of rotatable bonds is 8. The van der Waals surface area contributed by atoms with Gasteiger partial charge in [0, 0.05) is 67.0 Å². The van der Waals surface area contributed by atoms with Gasteiger partial charge in [0.05, 0.1) is 16.7 Å². The summed E-state index contributed by atoms with van der Waals surface area (Å²) in [5, 5.41) is 4.30. The molecule has 4 heterocycles. The van der Waals surface area contributed by atoms with E-state index in [1.54, 1.807) is 0 Å². The van der Waals surface area contributed by atoms with Gasteiger partial charge in [0.2, 0.25) is 0 Å². The van der Waals surface area contributed by atoms with Crippen LogP contribution in [0.4, 0.5) is 0 Å². The van der Waals surface area contributed by atoms with E-state index in [0.717, 1.165) is 82.9 Å². The maximum atomic E-state index is 5.10. The fourth-order valence-electron chi connectivity index (χ4n) is 8.60. The molecule has 12 aromatic rings. The Morgan fingerprint density at radius 1 is 0.277 bits per heavy atom.